The smallest absolute Gasteiger partial charge is 0.330 e. The van der Waals surface area contributed by atoms with E-state index in [0.29, 0.717) is 0 Å². The zero-order valence-electron chi connectivity index (χ0n) is 8.33. The van der Waals surface area contributed by atoms with Crippen LogP contribution in [0.25, 0.3) is 0 Å². The van der Waals surface area contributed by atoms with E-state index in [0.717, 1.165) is 6.08 Å². The third-order valence-electron chi connectivity index (χ3n) is 1.67. The molecule has 0 aromatic heterocycles. The lowest BCUT2D eigenvalue weighted by atomic mass is 10.2. The Morgan fingerprint density at radius 1 is 1.44 bits per heavy atom. The third kappa shape index (κ3) is 6.14. The van der Waals surface area contributed by atoms with Gasteiger partial charge in [0.05, 0.1) is 13.0 Å². The first-order chi connectivity index (χ1) is 7.27. The fourth-order valence-corrected chi connectivity index (χ4v) is 1.65. The Labute approximate surface area is 92.5 Å². The summed E-state index contributed by atoms with van der Waals surface area (Å²) >= 11 is 0. The molecule has 0 spiro atoms. The van der Waals surface area contributed by atoms with Gasteiger partial charge in [0.25, 0.3) is 10.1 Å². The van der Waals surface area contributed by atoms with E-state index in [1.807, 2.05) is 0 Å². The minimum Gasteiger partial charge on any atom is -0.481 e. The highest BCUT2D eigenvalue weighted by Gasteiger charge is 2.25. The molecule has 0 saturated carbocycles. The number of carboxylic acid groups (broad SMARTS) is 1. The second-order valence-corrected chi connectivity index (χ2v) is 4.59. The molecule has 0 aliphatic rings. The van der Waals surface area contributed by atoms with Gasteiger partial charge in [-0.25, -0.2) is 4.79 Å². The fourth-order valence-electron chi connectivity index (χ4n) is 0.901. The maximum Gasteiger partial charge on any atom is 0.330 e. The second kappa shape index (κ2) is 6.23. The Bertz CT molecular complexity index is 370. The zero-order chi connectivity index (χ0) is 12.8. The Morgan fingerprint density at radius 2 is 2.00 bits per heavy atom. The largest absolute Gasteiger partial charge is 0.481 e. The van der Waals surface area contributed by atoms with E-state index < -0.39 is 33.7 Å². The summed E-state index contributed by atoms with van der Waals surface area (Å²) in [7, 11) is -4.46. The number of ether oxygens (including phenoxy) is 1. The molecule has 0 bridgehead atoms. The second-order valence-electron chi connectivity index (χ2n) is 2.90. The zero-order valence-corrected chi connectivity index (χ0v) is 9.14. The van der Waals surface area contributed by atoms with E-state index in [4.69, 9.17) is 9.66 Å². The number of carbonyl (C=O) groups excluding carboxylic acids is 1. The highest BCUT2D eigenvalue weighted by atomic mass is 32.2. The van der Waals surface area contributed by atoms with Gasteiger partial charge in [0.2, 0.25) is 0 Å². The molecule has 7 nitrogen and oxygen atoms in total. The molecule has 0 radical (unpaired) electrons. The number of rotatable bonds is 7. The van der Waals surface area contributed by atoms with Crippen LogP contribution in [0.2, 0.25) is 0 Å². The molecule has 0 amide bonds. The summed E-state index contributed by atoms with van der Waals surface area (Å²) in [5.41, 5.74) is 0. The lowest BCUT2D eigenvalue weighted by Gasteiger charge is -2.10. The maximum atomic E-state index is 10.7. The van der Waals surface area contributed by atoms with Gasteiger partial charge in [0, 0.05) is 12.5 Å². The molecule has 1 atom stereocenters. The van der Waals surface area contributed by atoms with Gasteiger partial charge in [-0.2, -0.15) is 8.42 Å². The summed E-state index contributed by atoms with van der Waals surface area (Å²) in [4.78, 5) is 20.9. The Hall–Kier alpha value is -1.41. The van der Waals surface area contributed by atoms with Crippen molar-refractivity contribution in [1.29, 1.82) is 0 Å². The molecule has 0 fully saturated rings. The third-order valence-corrected chi connectivity index (χ3v) is 2.92. The minimum absolute atomic E-state index is 0.287. The first-order valence-electron chi connectivity index (χ1n) is 4.24. The molecule has 0 aromatic rings. The van der Waals surface area contributed by atoms with Gasteiger partial charge in [-0.3, -0.25) is 9.35 Å². The van der Waals surface area contributed by atoms with Gasteiger partial charge < -0.3 is 9.84 Å². The van der Waals surface area contributed by atoms with Crippen LogP contribution in [0.1, 0.15) is 12.8 Å². The summed E-state index contributed by atoms with van der Waals surface area (Å²) in [6, 6.07) is 0. The van der Waals surface area contributed by atoms with Crippen LogP contribution in [0, 0.1) is 0 Å². The van der Waals surface area contributed by atoms with Crippen molar-refractivity contribution in [2.75, 3.05) is 6.61 Å². The minimum atomic E-state index is -4.46. The van der Waals surface area contributed by atoms with Crippen molar-refractivity contribution in [3.63, 3.8) is 0 Å². The number of hydrogen-bond acceptors (Lipinski definition) is 5. The molecule has 0 saturated heterocycles. The summed E-state index contributed by atoms with van der Waals surface area (Å²) in [5.74, 6) is -2.11. The van der Waals surface area contributed by atoms with E-state index in [9.17, 15) is 18.0 Å². The summed E-state index contributed by atoms with van der Waals surface area (Å²) in [6.07, 6.45) is -0.144. The number of carbonyl (C=O) groups is 2. The molecular formula is C8H12O7S. The topological polar surface area (TPSA) is 118 Å². The molecule has 0 rings (SSSR count). The van der Waals surface area contributed by atoms with Crippen molar-refractivity contribution in [1.82, 2.24) is 0 Å². The van der Waals surface area contributed by atoms with Crippen LogP contribution in [-0.4, -0.2) is 41.9 Å². The van der Waals surface area contributed by atoms with E-state index in [1.54, 1.807) is 0 Å². The van der Waals surface area contributed by atoms with Gasteiger partial charge in [-0.05, 0) is 0 Å². The summed E-state index contributed by atoms with van der Waals surface area (Å²) in [6.45, 7) is 2.82. The Morgan fingerprint density at radius 3 is 2.38 bits per heavy atom. The van der Waals surface area contributed by atoms with Gasteiger partial charge >= 0.3 is 11.9 Å². The van der Waals surface area contributed by atoms with Crippen molar-refractivity contribution in [2.24, 2.45) is 0 Å². The molecule has 0 aliphatic heterocycles. The summed E-state index contributed by atoms with van der Waals surface area (Å²) < 4.78 is 34.7. The van der Waals surface area contributed by atoms with Crippen LogP contribution in [0.15, 0.2) is 12.7 Å². The first-order valence-corrected chi connectivity index (χ1v) is 5.75. The predicted octanol–water partition coefficient (Wildman–Crippen LogP) is -0.163. The molecule has 0 heterocycles. The monoisotopic (exact) mass is 252 g/mol. The van der Waals surface area contributed by atoms with E-state index >= 15 is 0 Å². The molecule has 92 valence electrons. The van der Waals surface area contributed by atoms with E-state index in [2.05, 4.69) is 11.3 Å². The average Bonchev–Trinajstić information content (AvgIpc) is 2.13. The van der Waals surface area contributed by atoms with Crippen molar-refractivity contribution >= 4 is 22.1 Å². The van der Waals surface area contributed by atoms with E-state index in [-0.39, 0.29) is 13.0 Å². The first kappa shape index (κ1) is 14.6. The number of hydrogen-bond donors (Lipinski definition) is 2. The Balaban J connectivity index is 4.29. The molecular weight excluding hydrogens is 240 g/mol. The SMILES string of the molecule is C=CC(=O)OCCC(CC(=O)O)S(=O)(=O)O. The normalized spacial score (nSPS) is 12.8. The van der Waals surface area contributed by atoms with Crippen LogP contribution >= 0.6 is 0 Å². The molecule has 2 N–H and O–H groups in total. The maximum absolute atomic E-state index is 10.7. The highest BCUT2D eigenvalue weighted by molar-refractivity contribution is 7.86. The van der Waals surface area contributed by atoms with Crippen molar-refractivity contribution in [3.05, 3.63) is 12.7 Å². The van der Waals surface area contributed by atoms with Gasteiger partial charge in [0.1, 0.15) is 5.25 Å². The average molecular weight is 252 g/mol. The van der Waals surface area contributed by atoms with Crippen LogP contribution in [-0.2, 0) is 24.4 Å². The van der Waals surface area contributed by atoms with Gasteiger partial charge in [-0.15, -0.1) is 0 Å². The number of carboxylic acids is 1. The van der Waals surface area contributed by atoms with Crippen LogP contribution in [0.3, 0.4) is 0 Å². The molecule has 8 heteroatoms. The van der Waals surface area contributed by atoms with Crippen molar-refractivity contribution in [2.45, 2.75) is 18.1 Å². The molecule has 0 aromatic carbocycles. The molecule has 16 heavy (non-hydrogen) atoms. The number of esters is 1. The van der Waals surface area contributed by atoms with Gasteiger partial charge in [-0.1, -0.05) is 6.58 Å². The van der Waals surface area contributed by atoms with Crippen LogP contribution in [0.5, 0.6) is 0 Å². The quantitative estimate of drug-likeness (QED) is 0.367. The highest BCUT2D eigenvalue weighted by Crippen LogP contribution is 2.09. The van der Waals surface area contributed by atoms with Crippen molar-refractivity contribution in [3.8, 4) is 0 Å². The molecule has 1 unspecified atom stereocenters. The fraction of sp³-hybridized carbons (Fsp3) is 0.500. The van der Waals surface area contributed by atoms with Crippen LogP contribution < -0.4 is 0 Å². The standard InChI is InChI=1S/C8H12O7S/c1-2-8(11)15-4-3-6(5-7(9)10)16(12,13)14/h2,6H,1,3-5H2,(H,9,10)(H,12,13,14). The Kier molecular flexibility index (Phi) is 5.68. The van der Waals surface area contributed by atoms with Crippen molar-refractivity contribution < 1.29 is 32.4 Å². The lowest BCUT2D eigenvalue weighted by Crippen LogP contribution is -2.25. The van der Waals surface area contributed by atoms with Crippen LogP contribution in [0.4, 0.5) is 0 Å². The predicted molar refractivity (Wildman–Crippen MR) is 53.4 cm³/mol. The van der Waals surface area contributed by atoms with Gasteiger partial charge in [0.15, 0.2) is 0 Å². The lowest BCUT2D eigenvalue weighted by molar-refractivity contribution is -0.137. The van der Waals surface area contributed by atoms with E-state index in [1.165, 1.54) is 0 Å². The molecule has 0 aliphatic carbocycles. The summed E-state index contributed by atoms with van der Waals surface area (Å²) in [5, 5.41) is 6.92. The number of aliphatic carboxylic acids is 1.